The van der Waals surface area contributed by atoms with E-state index < -0.39 is 12.5 Å². The lowest BCUT2D eigenvalue weighted by atomic mass is 10.3. The van der Waals surface area contributed by atoms with E-state index in [0.717, 1.165) is 0 Å². The Morgan fingerprint density at radius 2 is 2.53 bits per heavy atom. The van der Waals surface area contributed by atoms with Crippen molar-refractivity contribution in [2.24, 2.45) is 5.11 Å². The molecule has 0 saturated carbocycles. The van der Waals surface area contributed by atoms with Crippen LogP contribution in [0, 0.1) is 0 Å². The summed E-state index contributed by atoms with van der Waals surface area (Å²) < 4.78 is 31.0. The summed E-state index contributed by atoms with van der Waals surface area (Å²) in [5, 5.41) is 7.08. The number of hydrogen-bond acceptors (Lipinski definition) is 3. The molecule has 2 heterocycles. The van der Waals surface area contributed by atoms with Crippen molar-refractivity contribution in [3.63, 3.8) is 0 Å². The number of azide groups is 1. The van der Waals surface area contributed by atoms with Crippen LogP contribution in [0.15, 0.2) is 11.2 Å². The molecular weight excluding hydrogens is 208 g/mol. The Morgan fingerprint density at radius 3 is 3.20 bits per heavy atom. The highest BCUT2D eigenvalue weighted by molar-refractivity contribution is 5.18. The lowest BCUT2D eigenvalue weighted by Gasteiger charge is -2.19. The van der Waals surface area contributed by atoms with Crippen LogP contribution in [0.25, 0.3) is 10.4 Å². The minimum atomic E-state index is -2.62. The number of ether oxygens (including phenoxy) is 1. The molecule has 6 nitrogen and oxygen atoms in total. The average Bonchev–Trinajstić information content (AvgIpc) is 2.61. The Balaban J connectivity index is 2.22. The van der Waals surface area contributed by atoms with Crippen LogP contribution in [0.1, 0.15) is 12.1 Å². The Bertz CT molecular complexity index is 412. The second-order valence-electron chi connectivity index (χ2n) is 3.06. The molecule has 8 heteroatoms. The molecule has 1 aromatic heterocycles. The van der Waals surface area contributed by atoms with Crippen LogP contribution in [0.5, 0.6) is 5.88 Å². The normalized spacial score (nSPS) is 19.3. The molecule has 0 spiro atoms. The lowest BCUT2D eigenvalue weighted by molar-refractivity contribution is 0.144. The van der Waals surface area contributed by atoms with Crippen LogP contribution in [-0.4, -0.2) is 22.4 Å². The minimum Gasteiger partial charge on any atom is -0.477 e. The average molecular weight is 215 g/mol. The van der Waals surface area contributed by atoms with Gasteiger partial charge in [0.15, 0.2) is 0 Å². The third-order valence-corrected chi connectivity index (χ3v) is 2.01. The number of hydrogen-bond donors (Lipinski definition) is 0. The van der Waals surface area contributed by atoms with Crippen molar-refractivity contribution in [3.8, 4) is 5.88 Å². The maximum Gasteiger partial charge on any atom is 0.282 e. The van der Waals surface area contributed by atoms with Crippen LogP contribution in [0.4, 0.5) is 8.78 Å². The molecule has 0 unspecified atom stereocenters. The van der Waals surface area contributed by atoms with Gasteiger partial charge >= 0.3 is 0 Å². The van der Waals surface area contributed by atoms with E-state index in [4.69, 9.17) is 10.3 Å². The zero-order valence-electron chi connectivity index (χ0n) is 7.55. The van der Waals surface area contributed by atoms with Gasteiger partial charge in [-0.1, -0.05) is 5.11 Å². The van der Waals surface area contributed by atoms with E-state index in [2.05, 4.69) is 15.1 Å². The molecule has 0 radical (unpaired) electrons. The second kappa shape index (κ2) is 3.74. The zero-order chi connectivity index (χ0) is 10.8. The summed E-state index contributed by atoms with van der Waals surface area (Å²) in [4.78, 5) is 2.63. The van der Waals surface area contributed by atoms with Gasteiger partial charge < -0.3 is 4.74 Å². The first-order valence-corrected chi connectivity index (χ1v) is 4.23. The molecule has 0 aliphatic carbocycles. The number of halogens is 2. The van der Waals surface area contributed by atoms with Crippen LogP contribution in [0.2, 0.25) is 0 Å². The fourth-order valence-electron chi connectivity index (χ4n) is 1.35. The maximum absolute atomic E-state index is 12.3. The van der Waals surface area contributed by atoms with Gasteiger partial charge in [0.1, 0.15) is 12.3 Å². The van der Waals surface area contributed by atoms with E-state index in [1.807, 2.05) is 0 Å². The van der Waals surface area contributed by atoms with Gasteiger partial charge in [-0.05, 0) is 5.53 Å². The number of rotatable bonds is 2. The molecule has 1 aliphatic heterocycles. The SMILES string of the molecule is [N-]=[N+]=N[C@@H]1COc2cc(C(F)F)nn2C1. The van der Waals surface area contributed by atoms with Crippen molar-refractivity contribution < 1.29 is 13.5 Å². The highest BCUT2D eigenvalue weighted by Gasteiger charge is 2.23. The van der Waals surface area contributed by atoms with E-state index in [0.29, 0.717) is 0 Å². The van der Waals surface area contributed by atoms with Crippen LogP contribution in [0.3, 0.4) is 0 Å². The first kappa shape index (κ1) is 9.72. The quantitative estimate of drug-likeness (QED) is 0.429. The summed E-state index contributed by atoms with van der Waals surface area (Å²) in [6.07, 6.45) is -2.62. The van der Waals surface area contributed by atoms with Gasteiger partial charge in [0, 0.05) is 11.0 Å². The van der Waals surface area contributed by atoms with Crippen molar-refractivity contribution in [1.29, 1.82) is 0 Å². The molecule has 1 atom stereocenters. The van der Waals surface area contributed by atoms with Crippen LogP contribution < -0.4 is 4.74 Å². The molecule has 1 aromatic rings. The van der Waals surface area contributed by atoms with E-state index in [1.165, 1.54) is 10.7 Å². The molecule has 0 amide bonds. The molecular formula is C7H7F2N5O. The van der Waals surface area contributed by atoms with Gasteiger partial charge in [-0.25, -0.2) is 13.5 Å². The molecule has 0 saturated heterocycles. The number of fused-ring (bicyclic) bond motifs is 1. The van der Waals surface area contributed by atoms with E-state index in [1.54, 1.807) is 0 Å². The molecule has 15 heavy (non-hydrogen) atoms. The Kier molecular flexibility index (Phi) is 2.42. The van der Waals surface area contributed by atoms with Gasteiger partial charge in [0.2, 0.25) is 5.88 Å². The van der Waals surface area contributed by atoms with Gasteiger partial charge in [-0.2, -0.15) is 5.10 Å². The Morgan fingerprint density at radius 1 is 1.73 bits per heavy atom. The first-order chi connectivity index (χ1) is 7.20. The molecule has 2 rings (SSSR count). The van der Waals surface area contributed by atoms with Crippen LogP contribution in [-0.2, 0) is 6.54 Å². The van der Waals surface area contributed by atoms with Crippen molar-refractivity contribution in [2.45, 2.75) is 19.0 Å². The molecule has 0 aromatic carbocycles. The summed E-state index contributed by atoms with van der Waals surface area (Å²) in [6, 6.07) is 0.796. The maximum atomic E-state index is 12.3. The van der Waals surface area contributed by atoms with Gasteiger partial charge in [-0.3, -0.25) is 0 Å². The van der Waals surface area contributed by atoms with Gasteiger partial charge in [0.05, 0.1) is 12.6 Å². The van der Waals surface area contributed by atoms with Crippen molar-refractivity contribution in [2.75, 3.05) is 6.61 Å². The monoisotopic (exact) mass is 215 g/mol. The largest absolute Gasteiger partial charge is 0.477 e. The predicted molar refractivity (Wildman–Crippen MR) is 45.6 cm³/mol. The predicted octanol–water partition coefficient (Wildman–Crippen LogP) is 1.89. The highest BCUT2D eigenvalue weighted by Crippen LogP contribution is 2.25. The van der Waals surface area contributed by atoms with Crippen molar-refractivity contribution in [3.05, 3.63) is 22.2 Å². The fraction of sp³-hybridized carbons (Fsp3) is 0.571. The van der Waals surface area contributed by atoms with E-state index in [9.17, 15) is 8.78 Å². The Hall–Kier alpha value is -1.82. The third kappa shape index (κ3) is 1.84. The molecule has 0 N–H and O–H groups in total. The van der Waals surface area contributed by atoms with Crippen molar-refractivity contribution >= 4 is 0 Å². The molecule has 0 fully saturated rings. The van der Waals surface area contributed by atoms with E-state index in [-0.39, 0.29) is 24.7 Å². The van der Waals surface area contributed by atoms with E-state index >= 15 is 0 Å². The standard InChI is InChI=1S/C7H7F2N5O/c8-7(9)5-1-6-14(12-5)2-4(3-15-6)11-13-10/h1,4,7H,2-3H2/t4-/m0/s1. The summed E-state index contributed by atoms with van der Waals surface area (Å²) in [6.45, 7) is 0.463. The fourth-order valence-corrected chi connectivity index (χ4v) is 1.35. The topological polar surface area (TPSA) is 75.8 Å². The lowest BCUT2D eigenvalue weighted by Crippen LogP contribution is -2.28. The molecule has 80 valence electrons. The van der Waals surface area contributed by atoms with Crippen LogP contribution >= 0.6 is 0 Å². The molecule has 0 bridgehead atoms. The van der Waals surface area contributed by atoms with Gasteiger partial charge in [-0.15, -0.1) is 0 Å². The third-order valence-electron chi connectivity index (χ3n) is 2.01. The summed E-state index contributed by atoms with van der Waals surface area (Å²) in [7, 11) is 0. The summed E-state index contributed by atoms with van der Waals surface area (Å²) in [5.74, 6) is 0.287. The summed E-state index contributed by atoms with van der Waals surface area (Å²) in [5.41, 5.74) is 7.89. The van der Waals surface area contributed by atoms with Crippen molar-refractivity contribution in [1.82, 2.24) is 9.78 Å². The summed E-state index contributed by atoms with van der Waals surface area (Å²) >= 11 is 0. The smallest absolute Gasteiger partial charge is 0.282 e. The highest BCUT2D eigenvalue weighted by atomic mass is 19.3. The van der Waals surface area contributed by atoms with Gasteiger partial charge in [0.25, 0.3) is 6.43 Å². The second-order valence-corrected chi connectivity index (χ2v) is 3.06. The Labute approximate surface area is 83.1 Å². The zero-order valence-corrected chi connectivity index (χ0v) is 7.55. The number of alkyl halides is 2. The first-order valence-electron chi connectivity index (χ1n) is 4.23. The molecule has 1 aliphatic rings. The number of aromatic nitrogens is 2. The number of nitrogens with zero attached hydrogens (tertiary/aromatic N) is 5. The minimum absolute atomic E-state index is 0.193.